The third kappa shape index (κ3) is 5.15. The van der Waals surface area contributed by atoms with E-state index in [-0.39, 0.29) is 6.61 Å². The summed E-state index contributed by atoms with van der Waals surface area (Å²) in [6, 6.07) is 26.7. The molecule has 5 nitrogen and oxygen atoms in total. The molecule has 0 spiro atoms. The molecule has 1 aliphatic heterocycles. The van der Waals surface area contributed by atoms with Crippen molar-refractivity contribution in [2.24, 2.45) is 0 Å². The average molecular weight is 445 g/mol. The molecular weight excluding hydrogens is 420 g/mol. The smallest absolute Gasteiger partial charge is 0.338 e. The second-order valence-corrected chi connectivity index (χ2v) is 7.85. The summed E-state index contributed by atoms with van der Waals surface area (Å²) in [6.45, 7) is 2.44. The number of para-hydroxylation sites is 1. The topological polar surface area (TPSA) is 59.6 Å². The first-order chi connectivity index (χ1) is 15.6. The molecule has 0 saturated heterocycles. The van der Waals surface area contributed by atoms with Crippen LogP contribution in [0.1, 0.15) is 29.7 Å². The summed E-state index contributed by atoms with van der Waals surface area (Å²) in [5.41, 5.74) is 3.94. The minimum atomic E-state index is -0.487. The van der Waals surface area contributed by atoms with Crippen molar-refractivity contribution in [1.82, 2.24) is 10.6 Å². The van der Waals surface area contributed by atoms with Gasteiger partial charge in [0.2, 0.25) is 0 Å². The molecule has 3 aromatic carbocycles. The van der Waals surface area contributed by atoms with Gasteiger partial charge in [-0.05, 0) is 36.3 Å². The summed E-state index contributed by atoms with van der Waals surface area (Å²) in [7, 11) is 0. The van der Waals surface area contributed by atoms with Gasteiger partial charge in [-0.3, -0.25) is 0 Å². The normalized spacial score (nSPS) is 15.5. The summed E-state index contributed by atoms with van der Waals surface area (Å²) in [5.74, 6) is 0.274. The first-order valence-corrected chi connectivity index (χ1v) is 10.8. The molecule has 1 heterocycles. The summed E-state index contributed by atoms with van der Waals surface area (Å²) in [4.78, 5) is 13.1. The maximum absolute atomic E-state index is 13.1. The molecule has 0 aliphatic carbocycles. The molecule has 6 heteroatoms. The van der Waals surface area contributed by atoms with Gasteiger partial charge in [0.1, 0.15) is 19.0 Å². The fourth-order valence-electron chi connectivity index (χ4n) is 3.58. The minimum absolute atomic E-state index is 0.194. The molecule has 1 atom stereocenters. The third-order valence-electron chi connectivity index (χ3n) is 5.17. The van der Waals surface area contributed by atoms with Crippen LogP contribution in [-0.4, -0.2) is 11.1 Å². The molecule has 0 fully saturated rings. The number of ether oxygens (including phenoxy) is 2. The zero-order valence-electron chi connectivity index (χ0n) is 17.7. The predicted molar refractivity (Wildman–Crippen MR) is 128 cm³/mol. The molecule has 4 rings (SSSR count). The Kier molecular flexibility index (Phi) is 6.82. The SMILES string of the molecule is CC1=C(C(=O)OCc2ccccc2)[C@H](c2ccccc2OCc2ccccc2)NC(=S)N1. The van der Waals surface area contributed by atoms with Crippen LogP contribution in [0.15, 0.2) is 96.2 Å². The number of allylic oxidation sites excluding steroid dienone is 1. The Bertz CT molecular complexity index is 1130. The highest BCUT2D eigenvalue weighted by molar-refractivity contribution is 7.80. The third-order valence-corrected chi connectivity index (χ3v) is 5.39. The van der Waals surface area contributed by atoms with Crippen LogP contribution in [0.5, 0.6) is 5.75 Å². The molecule has 0 radical (unpaired) electrons. The largest absolute Gasteiger partial charge is 0.489 e. The highest BCUT2D eigenvalue weighted by Crippen LogP contribution is 2.34. The van der Waals surface area contributed by atoms with E-state index in [2.05, 4.69) is 10.6 Å². The number of nitrogens with one attached hydrogen (secondary N) is 2. The first-order valence-electron chi connectivity index (χ1n) is 10.4. The Labute approximate surface area is 193 Å². The quantitative estimate of drug-likeness (QED) is 0.403. The van der Waals surface area contributed by atoms with Crippen molar-refractivity contribution in [2.75, 3.05) is 0 Å². The van der Waals surface area contributed by atoms with E-state index in [9.17, 15) is 4.79 Å². The van der Waals surface area contributed by atoms with Gasteiger partial charge < -0.3 is 20.1 Å². The molecule has 0 amide bonds. The van der Waals surface area contributed by atoms with Crippen LogP contribution in [0.3, 0.4) is 0 Å². The Hall–Kier alpha value is -3.64. The summed E-state index contributed by atoms with van der Waals surface area (Å²) in [6.07, 6.45) is 0. The lowest BCUT2D eigenvalue weighted by molar-refractivity contribution is -0.140. The first kappa shape index (κ1) is 21.6. The van der Waals surface area contributed by atoms with E-state index >= 15 is 0 Å². The van der Waals surface area contributed by atoms with Gasteiger partial charge in [-0.25, -0.2) is 4.79 Å². The van der Waals surface area contributed by atoms with E-state index in [0.717, 1.165) is 16.7 Å². The van der Waals surface area contributed by atoms with Gasteiger partial charge in [0.15, 0.2) is 5.11 Å². The predicted octanol–water partition coefficient (Wildman–Crippen LogP) is 4.80. The lowest BCUT2D eigenvalue weighted by Crippen LogP contribution is -2.45. The fourth-order valence-corrected chi connectivity index (χ4v) is 3.86. The Balaban J connectivity index is 1.58. The lowest BCUT2D eigenvalue weighted by Gasteiger charge is -2.30. The van der Waals surface area contributed by atoms with Crippen LogP contribution in [0.2, 0.25) is 0 Å². The van der Waals surface area contributed by atoms with Crippen LogP contribution in [0, 0.1) is 0 Å². The van der Waals surface area contributed by atoms with E-state index in [0.29, 0.717) is 28.7 Å². The van der Waals surface area contributed by atoms with Gasteiger partial charge in [-0.2, -0.15) is 0 Å². The van der Waals surface area contributed by atoms with Crippen molar-refractivity contribution < 1.29 is 14.3 Å². The van der Waals surface area contributed by atoms with E-state index < -0.39 is 12.0 Å². The Morgan fingerprint density at radius 2 is 1.47 bits per heavy atom. The Morgan fingerprint density at radius 1 is 0.875 bits per heavy atom. The van der Waals surface area contributed by atoms with E-state index in [4.69, 9.17) is 21.7 Å². The van der Waals surface area contributed by atoms with Crippen molar-refractivity contribution >= 4 is 23.3 Å². The van der Waals surface area contributed by atoms with Crippen LogP contribution >= 0.6 is 12.2 Å². The average Bonchev–Trinajstić information content (AvgIpc) is 2.82. The maximum Gasteiger partial charge on any atom is 0.338 e. The van der Waals surface area contributed by atoms with Gasteiger partial charge in [0, 0.05) is 11.3 Å². The van der Waals surface area contributed by atoms with Gasteiger partial charge in [0.25, 0.3) is 0 Å². The van der Waals surface area contributed by atoms with Gasteiger partial charge in [0.05, 0.1) is 11.6 Å². The molecule has 1 aliphatic rings. The standard InChI is InChI=1S/C26H24N2O3S/c1-18-23(25(29)31-17-20-12-6-3-7-13-20)24(28-26(32)27-18)21-14-8-9-15-22(21)30-16-19-10-4-2-5-11-19/h2-15,24H,16-17H2,1H3,(H2,27,28,32)/t24-/m0/s1. The molecule has 0 bridgehead atoms. The number of benzene rings is 3. The van der Waals surface area contributed by atoms with Crippen LogP contribution < -0.4 is 15.4 Å². The summed E-state index contributed by atoms with van der Waals surface area (Å²) < 4.78 is 11.8. The second kappa shape index (κ2) is 10.1. The van der Waals surface area contributed by atoms with Gasteiger partial charge in [-0.15, -0.1) is 0 Å². The fraction of sp³-hybridized carbons (Fsp3) is 0.154. The number of rotatable bonds is 7. The van der Waals surface area contributed by atoms with Gasteiger partial charge in [-0.1, -0.05) is 78.9 Å². The minimum Gasteiger partial charge on any atom is -0.489 e. The molecule has 3 aromatic rings. The van der Waals surface area contributed by atoms with E-state index in [1.165, 1.54) is 0 Å². The molecule has 0 unspecified atom stereocenters. The summed E-state index contributed by atoms with van der Waals surface area (Å²) in [5, 5.41) is 6.71. The number of hydrogen-bond acceptors (Lipinski definition) is 4. The second-order valence-electron chi connectivity index (χ2n) is 7.44. The van der Waals surface area contributed by atoms with Crippen molar-refractivity contribution in [2.45, 2.75) is 26.2 Å². The van der Waals surface area contributed by atoms with Gasteiger partial charge >= 0.3 is 5.97 Å². The number of esters is 1. The highest BCUT2D eigenvalue weighted by atomic mass is 32.1. The molecule has 32 heavy (non-hydrogen) atoms. The monoisotopic (exact) mass is 444 g/mol. The van der Waals surface area contributed by atoms with Crippen molar-refractivity contribution in [3.05, 3.63) is 113 Å². The van der Waals surface area contributed by atoms with Crippen molar-refractivity contribution in [3.8, 4) is 5.75 Å². The molecule has 162 valence electrons. The van der Waals surface area contributed by atoms with Crippen LogP contribution in [0.25, 0.3) is 0 Å². The lowest BCUT2D eigenvalue weighted by atomic mass is 9.95. The van der Waals surface area contributed by atoms with Crippen molar-refractivity contribution in [3.63, 3.8) is 0 Å². The zero-order valence-corrected chi connectivity index (χ0v) is 18.5. The Morgan fingerprint density at radius 3 is 2.16 bits per heavy atom. The molecular formula is C26H24N2O3S. The van der Waals surface area contributed by atoms with E-state index in [1.807, 2.05) is 91.9 Å². The molecule has 2 N–H and O–H groups in total. The molecule has 0 saturated carbocycles. The maximum atomic E-state index is 13.1. The van der Waals surface area contributed by atoms with Crippen LogP contribution in [0.4, 0.5) is 0 Å². The number of carbonyl (C=O) groups excluding carboxylic acids is 1. The zero-order chi connectivity index (χ0) is 22.3. The van der Waals surface area contributed by atoms with E-state index in [1.54, 1.807) is 0 Å². The number of carbonyl (C=O) groups is 1. The number of hydrogen-bond donors (Lipinski definition) is 2. The number of thiocarbonyl (C=S) groups is 1. The van der Waals surface area contributed by atoms with Crippen LogP contribution in [-0.2, 0) is 22.7 Å². The van der Waals surface area contributed by atoms with Crippen molar-refractivity contribution in [1.29, 1.82) is 0 Å². The molecule has 0 aromatic heterocycles. The highest BCUT2D eigenvalue weighted by Gasteiger charge is 2.32. The summed E-state index contributed by atoms with van der Waals surface area (Å²) >= 11 is 5.38.